The van der Waals surface area contributed by atoms with E-state index in [0.29, 0.717) is 29.4 Å². The Bertz CT molecular complexity index is 1180. The Kier molecular flexibility index (Phi) is 9.79. The molecule has 4 rings (SSSR count). The molecular formula is C30H39ClN4O5. The minimum Gasteiger partial charge on any atom is -0.489 e. The van der Waals surface area contributed by atoms with Gasteiger partial charge >= 0.3 is 6.09 Å². The minimum atomic E-state index is -0.669. The van der Waals surface area contributed by atoms with Crippen LogP contribution < -0.4 is 20.3 Å². The summed E-state index contributed by atoms with van der Waals surface area (Å²) in [7, 11) is 0. The summed E-state index contributed by atoms with van der Waals surface area (Å²) in [6.07, 6.45) is 3.34. The highest BCUT2D eigenvalue weighted by Gasteiger charge is 2.32. The van der Waals surface area contributed by atoms with Crippen LogP contribution in [0.2, 0.25) is 5.02 Å². The lowest BCUT2D eigenvalue weighted by molar-refractivity contribution is -0.139. The molecule has 2 saturated heterocycles. The molecule has 2 aliphatic heterocycles. The van der Waals surface area contributed by atoms with Crippen molar-refractivity contribution < 1.29 is 23.9 Å². The van der Waals surface area contributed by atoms with E-state index in [1.54, 1.807) is 39.0 Å². The highest BCUT2D eigenvalue weighted by Crippen LogP contribution is 2.31. The average molecular weight is 571 g/mol. The van der Waals surface area contributed by atoms with Crippen LogP contribution in [-0.4, -0.2) is 66.7 Å². The van der Waals surface area contributed by atoms with Crippen LogP contribution in [-0.2, 0) is 14.3 Å². The molecule has 0 saturated carbocycles. The maximum absolute atomic E-state index is 13.2. The van der Waals surface area contributed by atoms with E-state index in [2.05, 4.69) is 27.7 Å². The number of nitrogens with zero attached hydrogens (tertiary/aromatic N) is 2. The molecule has 0 radical (unpaired) electrons. The Balaban J connectivity index is 1.29. The van der Waals surface area contributed by atoms with Gasteiger partial charge in [-0.1, -0.05) is 29.8 Å². The number of alkyl carbamates (subject to hydrolysis) is 1. The van der Waals surface area contributed by atoms with E-state index >= 15 is 0 Å². The Hall–Kier alpha value is -3.46. The lowest BCUT2D eigenvalue weighted by Crippen LogP contribution is -2.52. The normalized spacial score (nSPS) is 18.1. The van der Waals surface area contributed by atoms with Gasteiger partial charge in [0, 0.05) is 43.9 Å². The first-order valence-corrected chi connectivity index (χ1v) is 14.3. The number of ether oxygens (including phenoxy) is 2. The summed E-state index contributed by atoms with van der Waals surface area (Å²) in [6.45, 7) is 7.28. The highest BCUT2D eigenvalue weighted by molar-refractivity contribution is 6.32. The summed E-state index contributed by atoms with van der Waals surface area (Å²) in [5.74, 6) is -0.0327. The summed E-state index contributed by atoms with van der Waals surface area (Å²) in [6, 6.07) is 14.9. The second kappa shape index (κ2) is 13.3. The smallest absolute Gasteiger partial charge is 0.408 e. The Morgan fingerprint density at radius 2 is 1.70 bits per heavy atom. The fraction of sp³-hybridized carbons (Fsp3) is 0.500. The Morgan fingerprint density at radius 3 is 2.38 bits per heavy atom. The van der Waals surface area contributed by atoms with Crippen LogP contribution >= 0.6 is 11.6 Å². The third-order valence-corrected chi connectivity index (χ3v) is 7.26. The minimum absolute atomic E-state index is 0.0639. The maximum atomic E-state index is 13.2. The van der Waals surface area contributed by atoms with E-state index in [1.807, 2.05) is 18.2 Å². The van der Waals surface area contributed by atoms with E-state index in [0.717, 1.165) is 38.8 Å². The van der Waals surface area contributed by atoms with Crippen molar-refractivity contribution in [2.24, 2.45) is 0 Å². The lowest BCUT2D eigenvalue weighted by atomic mass is 10.0. The summed E-state index contributed by atoms with van der Waals surface area (Å²) in [4.78, 5) is 41.9. The zero-order valence-electron chi connectivity index (χ0n) is 23.5. The van der Waals surface area contributed by atoms with Crippen molar-refractivity contribution in [3.63, 3.8) is 0 Å². The van der Waals surface area contributed by atoms with Crippen molar-refractivity contribution in [2.75, 3.05) is 36.4 Å². The number of para-hydroxylation sites is 1. The fourth-order valence-corrected chi connectivity index (χ4v) is 5.24. The molecular weight excluding hydrogens is 532 g/mol. The molecule has 2 aromatic carbocycles. The molecule has 40 heavy (non-hydrogen) atoms. The molecule has 3 amide bonds. The molecule has 10 heteroatoms. The van der Waals surface area contributed by atoms with Gasteiger partial charge in [0.25, 0.3) is 0 Å². The average Bonchev–Trinajstić information content (AvgIpc) is 2.93. The number of nitrogens with one attached hydrogen (secondary N) is 2. The summed E-state index contributed by atoms with van der Waals surface area (Å²) >= 11 is 6.53. The molecule has 2 heterocycles. The van der Waals surface area contributed by atoms with E-state index in [1.165, 1.54) is 10.6 Å². The van der Waals surface area contributed by atoms with E-state index in [9.17, 15) is 14.4 Å². The van der Waals surface area contributed by atoms with Gasteiger partial charge in [-0.05, 0) is 70.4 Å². The van der Waals surface area contributed by atoms with Crippen molar-refractivity contribution in [3.05, 3.63) is 53.6 Å². The van der Waals surface area contributed by atoms with Gasteiger partial charge in [-0.2, -0.15) is 0 Å². The molecule has 9 nitrogen and oxygen atoms in total. The number of halogens is 1. The van der Waals surface area contributed by atoms with Gasteiger partial charge in [0.05, 0.1) is 5.02 Å². The van der Waals surface area contributed by atoms with Crippen LogP contribution in [0.5, 0.6) is 5.75 Å². The number of rotatable bonds is 7. The van der Waals surface area contributed by atoms with Gasteiger partial charge in [-0.3, -0.25) is 9.59 Å². The van der Waals surface area contributed by atoms with Gasteiger partial charge in [0.1, 0.15) is 30.0 Å². The lowest BCUT2D eigenvalue weighted by Gasteiger charge is -2.35. The fourth-order valence-electron chi connectivity index (χ4n) is 5.02. The Labute approximate surface area is 241 Å². The van der Waals surface area contributed by atoms with Crippen LogP contribution in [0.1, 0.15) is 52.9 Å². The molecule has 0 aromatic heterocycles. The van der Waals surface area contributed by atoms with Crippen LogP contribution in [0, 0.1) is 0 Å². The van der Waals surface area contributed by atoms with Gasteiger partial charge in [0.15, 0.2) is 0 Å². The molecule has 216 valence electrons. The standard InChI is InChI=1S/C30H39ClN4O5/c1-30(2,3)40-29(38)32-20-27(36)35-16-8-7-11-25(35)28(37)33-21-12-13-26(24(31)19-21)39-23-14-17-34(18-15-23)22-9-5-4-6-10-22/h4-6,9-10,12-13,19,23,25H,7-8,11,14-18,20H2,1-3H3,(H,32,38)(H,33,37). The monoisotopic (exact) mass is 570 g/mol. The summed E-state index contributed by atoms with van der Waals surface area (Å²) in [5, 5.41) is 5.80. The first-order chi connectivity index (χ1) is 19.1. The van der Waals surface area contributed by atoms with Gasteiger partial charge < -0.3 is 29.9 Å². The topological polar surface area (TPSA) is 100 Å². The number of carbonyl (C=O) groups excluding carboxylic acids is 3. The largest absolute Gasteiger partial charge is 0.489 e. The second-order valence-electron chi connectivity index (χ2n) is 11.2. The number of likely N-dealkylation sites (tertiary alicyclic amines) is 1. The number of hydrogen-bond acceptors (Lipinski definition) is 6. The first-order valence-electron chi connectivity index (χ1n) is 13.9. The zero-order valence-corrected chi connectivity index (χ0v) is 24.2. The van der Waals surface area contributed by atoms with Crippen LogP contribution in [0.15, 0.2) is 48.5 Å². The van der Waals surface area contributed by atoms with Crippen molar-refractivity contribution in [3.8, 4) is 5.75 Å². The maximum Gasteiger partial charge on any atom is 0.408 e. The SMILES string of the molecule is CC(C)(C)OC(=O)NCC(=O)N1CCCCC1C(=O)Nc1ccc(OC2CCN(c3ccccc3)CC2)c(Cl)c1. The molecule has 2 aromatic rings. The molecule has 0 aliphatic carbocycles. The quantitative estimate of drug-likeness (QED) is 0.473. The molecule has 0 bridgehead atoms. The van der Waals surface area contributed by atoms with E-state index in [-0.39, 0.29) is 24.5 Å². The zero-order chi connectivity index (χ0) is 28.7. The van der Waals surface area contributed by atoms with Crippen LogP contribution in [0.3, 0.4) is 0 Å². The molecule has 1 unspecified atom stereocenters. The molecule has 1 atom stereocenters. The van der Waals surface area contributed by atoms with Gasteiger partial charge in [0.2, 0.25) is 11.8 Å². The third-order valence-electron chi connectivity index (χ3n) is 6.97. The van der Waals surface area contributed by atoms with E-state index in [4.69, 9.17) is 21.1 Å². The molecule has 2 N–H and O–H groups in total. The highest BCUT2D eigenvalue weighted by atomic mass is 35.5. The van der Waals surface area contributed by atoms with Crippen molar-refractivity contribution in [1.82, 2.24) is 10.2 Å². The van der Waals surface area contributed by atoms with Gasteiger partial charge in [-0.25, -0.2) is 4.79 Å². The number of anilines is 2. The summed E-state index contributed by atoms with van der Waals surface area (Å²) in [5.41, 5.74) is 1.09. The second-order valence-corrected chi connectivity index (χ2v) is 11.6. The number of hydrogen-bond donors (Lipinski definition) is 2. The molecule has 2 fully saturated rings. The van der Waals surface area contributed by atoms with Crippen molar-refractivity contribution in [2.45, 2.75) is 70.6 Å². The number of carbonyl (C=O) groups is 3. The number of piperidine rings is 2. The predicted octanol–water partition coefficient (Wildman–Crippen LogP) is 5.23. The molecule has 2 aliphatic rings. The first kappa shape index (κ1) is 29.5. The Morgan fingerprint density at radius 1 is 0.975 bits per heavy atom. The van der Waals surface area contributed by atoms with Gasteiger partial charge in [-0.15, -0.1) is 0 Å². The number of amides is 3. The van der Waals surface area contributed by atoms with Crippen LogP contribution in [0.4, 0.5) is 16.2 Å². The number of benzene rings is 2. The van der Waals surface area contributed by atoms with Crippen molar-refractivity contribution in [1.29, 1.82) is 0 Å². The predicted molar refractivity (Wildman–Crippen MR) is 156 cm³/mol. The van der Waals surface area contributed by atoms with E-state index < -0.39 is 17.7 Å². The van der Waals surface area contributed by atoms with Crippen LogP contribution in [0.25, 0.3) is 0 Å². The molecule has 0 spiro atoms. The third kappa shape index (κ3) is 8.27. The van der Waals surface area contributed by atoms with Crippen molar-refractivity contribution >= 4 is 40.9 Å². The summed E-state index contributed by atoms with van der Waals surface area (Å²) < 4.78 is 11.4.